The van der Waals surface area contributed by atoms with Crippen LogP contribution in [0.4, 0.5) is 11.4 Å². The SMILES string of the molecule is Nc1c(S(=O)(=O)[O-])cc(NCCS(=O)(=O)[O-])c2c1C(=O)c1ccccc1C2=O.[Na+].[Na+]. The van der Waals surface area contributed by atoms with Crippen molar-refractivity contribution in [2.45, 2.75) is 4.90 Å². The third-order valence-corrected chi connectivity index (χ3v) is 5.72. The molecular formula is C16H12N2Na2O8S2. The minimum Gasteiger partial charge on any atom is -0.748 e. The minimum atomic E-state index is -5.12. The topological polar surface area (TPSA) is 187 Å². The van der Waals surface area contributed by atoms with Crippen molar-refractivity contribution in [1.29, 1.82) is 0 Å². The van der Waals surface area contributed by atoms with Gasteiger partial charge in [-0.15, -0.1) is 0 Å². The molecule has 2 aromatic carbocycles. The van der Waals surface area contributed by atoms with E-state index in [4.69, 9.17) is 5.73 Å². The molecule has 14 heteroatoms. The molecule has 0 bridgehead atoms. The van der Waals surface area contributed by atoms with Crippen molar-refractivity contribution < 1.29 is 94.6 Å². The Morgan fingerprint density at radius 1 is 0.900 bits per heavy atom. The van der Waals surface area contributed by atoms with Crippen molar-refractivity contribution in [2.24, 2.45) is 0 Å². The zero-order valence-electron chi connectivity index (χ0n) is 16.0. The molecule has 0 heterocycles. The van der Waals surface area contributed by atoms with E-state index in [0.29, 0.717) is 0 Å². The number of anilines is 2. The van der Waals surface area contributed by atoms with Crippen LogP contribution in [0.5, 0.6) is 0 Å². The van der Waals surface area contributed by atoms with Crippen molar-refractivity contribution in [3.63, 3.8) is 0 Å². The minimum absolute atomic E-state index is 0. The van der Waals surface area contributed by atoms with Crippen LogP contribution >= 0.6 is 0 Å². The average Bonchev–Trinajstić information content (AvgIpc) is 2.58. The summed E-state index contributed by atoms with van der Waals surface area (Å²) in [6.07, 6.45) is 0. The van der Waals surface area contributed by atoms with E-state index < -0.39 is 60.2 Å². The zero-order chi connectivity index (χ0) is 20.9. The molecule has 148 valence electrons. The number of carbonyl (C=O) groups is 2. The van der Waals surface area contributed by atoms with Gasteiger partial charge in [0.2, 0.25) is 0 Å². The van der Waals surface area contributed by atoms with E-state index in [1.54, 1.807) is 0 Å². The zero-order valence-corrected chi connectivity index (χ0v) is 21.6. The van der Waals surface area contributed by atoms with Gasteiger partial charge in [-0.25, -0.2) is 16.8 Å². The van der Waals surface area contributed by atoms with Gasteiger partial charge in [-0.05, 0) is 6.07 Å². The number of hydrogen-bond acceptors (Lipinski definition) is 10. The van der Waals surface area contributed by atoms with E-state index in [1.807, 2.05) is 0 Å². The van der Waals surface area contributed by atoms with Gasteiger partial charge in [-0.3, -0.25) is 9.59 Å². The molecule has 0 spiro atoms. The molecule has 3 rings (SSSR count). The number of nitrogens with one attached hydrogen (secondary N) is 1. The Bertz CT molecular complexity index is 1240. The number of carbonyl (C=O) groups excluding carboxylic acids is 2. The molecule has 30 heavy (non-hydrogen) atoms. The molecule has 0 aliphatic heterocycles. The first kappa shape index (κ1) is 27.2. The molecule has 0 aromatic heterocycles. The number of ketones is 2. The Labute approximate surface area is 216 Å². The van der Waals surface area contributed by atoms with Gasteiger partial charge < -0.3 is 20.2 Å². The average molecular weight is 470 g/mol. The van der Waals surface area contributed by atoms with E-state index in [-0.39, 0.29) is 81.5 Å². The molecule has 1 aliphatic rings. The van der Waals surface area contributed by atoms with E-state index >= 15 is 0 Å². The van der Waals surface area contributed by atoms with Crippen LogP contribution in [0.25, 0.3) is 0 Å². The van der Waals surface area contributed by atoms with Gasteiger partial charge in [0.25, 0.3) is 0 Å². The standard InChI is InChI=1S/C16H14N2O8S2.2Na/c17-14-11(28(24,25)26)7-10(18-5-6-27(21,22)23)12-13(14)16(20)9-4-2-1-3-8(9)15(12)19;;/h1-4,7,18H,5-6,17H2,(H,21,22,23)(H,24,25,26);;/q;2*+1/p-2. The number of nitrogen functional groups attached to an aromatic ring is 1. The maximum absolute atomic E-state index is 12.9. The van der Waals surface area contributed by atoms with Crippen molar-refractivity contribution in [1.82, 2.24) is 0 Å². The molecule has 0 amide bonds. The van der Waals surface area contributed by atoms with Gasteiger partial charge in [-0.2, -0.15) is 0 Å². The van der Waals surface area contributed by atoms with E-state index in [1.165, 1.54) is 24.3 Å². The molecule has 3 N–H and O–H groups in total. The van der Waals surface area contributed by atoms with Crippen LogP contribution in [0.2, 0.25) is 0 Å². The number of rotatable bonds is 5. The smallest absolute Gasteiger partial charge is 0.748 e. The molecule has 2 aromatic rings. The van der Waals surface area contributed by atoms with Crippen molar-refractivity contribution >= 4 is 43.2 Å². The Morgan fingerprint density at radius 2 is 1.40 bits per heavy atom. The van der Waals surface area contributed by atoms with Crippen LogP contribution in [0.15, 0.2) is 35.2 Å². The maximum atomic E-state index is 12.9. The Hall–Kier alpha value is -0.800. The fraction of sp³-hybridized carbons (Fsp3) is 0.125. The van der Waals surface area contributed by atoms with Gasteiger partial charge in [-0.1, -0.05) is 24.3 Å². The summed E-state index contributed by atoms with van der Waals surface area (Å²) in [6, 6.07) is 6.52. The molecule has 10 nitrogen and oxygen atoms in total. The van der Waals surface area contributed by atoms with Gasteiger partial charge in [0.15, 0.2) is 11.6 Å². The van der Waals surface area contributed by atoms with Gasteiger partial charge in [0.05, 0.1) is 37.6 Å². The van der Waals surface area contributed by atoms with Crippen LogP contribution in [0, 0.1) is 0 Å². The summed E-state index contributed by atoms with van der Waals surface area (Å²) in [5.41, 5.74) is 4.06. The third kappa shape index (κ3) is 5.33. The van der Waals surface area contributed by atoms with Crippen LogP contribution in [0.3, 0.4) is 0 Å². The second-order valence-corrected chi connectivity index (χ2v) is 8.80. The summed E-state index contributed by atoms with van der Waals surface area (Å²) in [4.78, 5) is 24.8. The molecule has 0 saturated heterocycles. The summed E-state index contributed by atoms with van der Waals surface area (Å²) in [6.45, 7) is -0.482. The second kappa shape index (κ2) is 9.77. The van der Waals surface area contributed by atoms with Crippen LogP contribution in [0.1, 0.15) is 31.8 Å². The first-order valence-corrected chi connectivity index (χ1v) is 10.7. The Balaban J connectivity index is 0.00000225. The van der Waals surface area contributed by atoms with Crippen molar-refractivity contribution in [3.05, 3.63) is 52.6 Å². The van der Waals surface area contributed by atoms with Gasteiger partial charge >= 0.3 is 59.1 Å². The Morgan fingerprint density at radius 3 is 1.87 bits per heavy atom. The number of nitrogens with two attached hydrogens (primary N) is 1. The van der Waals surface area contributed by atoms with Crippen LogP contribution in [-0.4, -0.2) is 49.8 Å². The first-order valence-electron chi connectivity index (χ1n) is 7.70. The maximum Gasteiger partial charge on any atom is 1.00 e. The Kier molecular flexibility index (Phi) is 8.87. The van der Waals surface area contributed by atoms with Gasteiger partial charge in [0, 0.05) is 23.4 Å². The monoisotopic (exact) mass is 470 g/mol. The van der Waals surface area contributed by atoms with Crippen molar-refractivity contribution in [3.8, 4) is 0 Å². The van der Waals surface area contributed by atoms with Crippen LogP contribution < -0.4 is 70.2 Å². The fourth-order valence-corrected chi connectivity index (χ4v) is 3.94. The fourth-order valence-electron chi connectivity index (χ4n) is 2.95. The predicted octanol–water partition coefficient (Wildman–Crippen LogP) is -6.09. The quantitative estimate of drug-likeness (QED) is 0.206. The first-order chi connectivity index (χ1) is 12.9. The van der Waals surface area contributed by atoms with Gasteiger partial charge in [0.1, 0.15) is 10.1 Å². The molecular weight excluding hydrogens is 458 g/mol. The van der Waals surface area contributed by atoms with E-state index in [9.17, 15) is 35.5 Å². The largest absolute Gasteiger partial charge is 1.00 e. The number of hydrogen-bond donors (Lipinski definition) is 2. The van der Waals surface area contributed by atoms with Crippen molar-refractivity contribution in [2.75, 3.05) is 23.3 Å². The van der Waals surface area contributed by atoms with E-state index in [2.05, 4.69) is 5.32 Å². The van der Waals surface area contributed by atoms with Crippen LogP contribution in [-0.2, 0) is 20.2 Å². The molecule has 0 fully saturated rings. The third-order valence-electron chi connectivity index (χ3n) is 4.14. The van der Waals surface area contributed by atoms with E-state index in [0.717, 1.165) is 6.07 Å². The number of fused-ring (bicyclic) bond motifs is 2. The predicted molar refractivity (Wildman–Crippen MR) is 95.2 cm³/mol. The molecule has 0 atom stereocenters. The summed E-state index contributed by atoms with van der Waals surface area (Å²) < 4.78 is 67.0. The summed E-state index contributed by atoms with van der Waals surface area (Å²) in [5, 5.41) is 2.44. The molecule has 1 aliphatic carbocycles. The summed E-state index contributed by atoms with van der Waals surface area (Å²) in [5.74, 6) is -2.29. The normalized spacial score (nSPS) is 12.9. The summed E-state index contributed by atoms with van der Waals surface area (Å²) >= 11 is 0. The number of benzene rings is 2. The molecule has 0 radical (unpaired) electrons. The molecule has 0 saturated carbocycles. The molecule has 0 unspecified atom stereocenters. The second-order valence-electron chi connectivity index (χ2n) is 5.93. The summed E-state index contributed by atoms with van der Waals surface area (Å²) in [7, 11) is -9.72.